The molecule has 0 bridgehead atoms. The highest BCUT2D eigenvalue weighted by Gasteiger charge is 2.24. The molecule has 1 saturated carbocycles. The van der Waals surface area contributed by atoms with Crippen molar-refractivity contribution in [3.8, 4) is 0 Å². The average Bonchev–Trinajstić information content (AvgIpc) is 2.01. The summed E-state index contributed by atoms with van der Waals surface area (Å²) in [4.78, 5) is 0. The van der Waals surface area contributed by atoms with Gasteiger partial charge in [0.1, 0.15) is 6.17 Å². The monoisotopic (exact) mass is 192 g/mol. The molecule has 0 saturated heterocycles. The Morgan fingerprint density at radius 2 is 2.00 bits per heavy atom. The second kappa shape index (κ2) is 5.06. The Balaban J connectivity index is 2.42. The zero-order valence-electron chi connectivity index (χ0n) is 7.73. The molecule has 3 unspecified atom stereocenters. The Morgan fingerprint density at radius 1 is 1.33 bits per heavy atom. The summed E-state index contributed by atoms with van der Waals surface area (Å²) < 4.78 is 13.5. The molecule has 0 heterocycles. The van der Waals surface area contributed by atoms with E-state index in [1.165, 1.54) is 6.42 Å². The van der Waals surface area contributed by atoms with Crippen LogP contribution in [0.5, 0.6) is 0 Å². The number of alkyl halides is 2. The van der Waals surface area contributed by atoms with E-state index in [1.807, 2.05) is 0 Å². The van der Waals surface area contributed by atoms with E-state index in [0.717, 1.165) is 25.7 Å². The fourth-order valence-corrected chi connectivity index (χ4v) is 2.29. The molecule has 72 valence electrons. The summed E-state index contributed by atoms with van der Waals surface area (Å²) in [5, 5.41) is 0.0781. The van der Waals surface area contributed by atoms with Crippen LogP contribution < -0.4 is 0 Å². The Morgan fingerprint density at radius 3 is 2.67 bits per heavy atom. The lowest BCUT2D eigenvalue weighted by molar-refractivity contribution is 0.182. The average molecular weight is 193 g/mol. The quantitative estimate of drug-likeness (QED) is 0.553. The fourth-order valence-electron chi connectivity index (χ4n) is 1.97. The first kappa shape index (κ1) is 10.3. The first-order valence-corrected chi connectivity index (χ1v) is 5.45. The van der Waals surface area contributed by atoms with Gasteiger partial charge in [0.15, 0.2) is 0 Å². The summed E-state index contributed by atoms with van der Waals surface area (Å²) in [7, 11) is 0. The van der Waals surface area contributed by atoms with Gasteiger partial charge in [-0.25, -0.2) is 4.39 Å². The van der Waals surface area contributed by atoms with E-state index in [-0.39, 0.29) is 11.3 Å². The molecule has 0 spiro atoms. The van der Waals surface area contributed by atoms with Gasteiger partial charge in [0.25, 0.3) is 0 Å². The van der Waals surface area contributed by atoms with Crippen LogP contribution in [0.1, 0.15) is 45.4 Å². The molecule has 0 aromatic heterocycles. The molecule has 1 aliphatic rings. The molecule has 1 fully saturated rings. The summed E-state index contributed by atoms with van der Waals surface area (Å²) in [6.07, 6.45) is 5.27. The van der Waals surface area contributed by atoms with Crippen molar-refractivity contribution in [2.24, 2.45) is 5.92 Å². The van der Waals surface area contributed by atoms with Crippen LogP contribution in [0.2, 0.25) is 0 Å². The van der Waals surface area contributed by atoms with E-state index >= 15 is 0 Å². The molecule has 0 nitrogen and oxygen atoms in total. The second-order valence-corrected chi connectivity index (χ2v) is 4.42. The third-order valence-corrected chi connectivity index (χ3v) is 3.26. The summed E-state index contributed by atoms with van der Waals surface area (Å²) in [6.45, 7) is 2.07. The van der Waals surface area contributed by atoms with Crippen LogP contribution in [0, 0.1) is 5.92 Å². The molecule has 1 aliphatic carbocycles. The topological polar surface area (TPSA) is 0 Å². The number of halogens is 2. The third kappa shape index (κ3) is 2.93. The lowest BCUT2D eigenvalue weighted by Gasteiger charge is -2.24. The maximum Gasteiger partial charge on any atom is 0.104 e. The molecule has 0 aromatic carbocycles. The van der Waals surface area contributed by atoms with Crippen LogP contribution in [0.4, 0.5) is 4.39 Å². The van der Waals surface area contributed by atoms with Gasteiger partial charge >= 0.3 is 0 Å². The van der Waals surface area contributed by atoms with E-state index in [0.29, 0.717) is 6.42 Å². The summed E-state index contributed by atoms with van der Waals surface area (Å²) in [5.74, 6) is 0.270. The van der Waals surface area contributed by atoms with Crippen molar-refractivity contribution in [2.75, 3.05) is 0 Å². The summed E-state index contributed by atoms with van der Waals surface area (Å²) >= 11 is 5.97. The lowest BCUT2D eigenvalue weighted by atomic mass is 9.88. The molecular formula is C10H18ClF. The van der Waals surface area contributed by atoms with Crippen molar-refractivity contribution in [1.29, 1.82) is 0 Å². The van der Waals surface area contributed by atoms with Gasteiger partial charge in [0, 0.05) is 5.38 Å². The predicted octanol–water partition coefficient (Wildman–Crippen LogP) is 3.92. The van der Waals surface area contributed by atoms with E-state index in [1.54, 1.807) is 0 Å². The highest BCUT2D eigenvalue weighted by molar-refractivity contribution is 6.20. The molecule has 0 N–H and O–H groups in total. The fraction of sp³-hybridized carbons (Fsp3) is 1.00. The molecule has 0 aromatic rings. The van der Waals surface area contributed by atoms with Crippen LogP contribution in [-0.2, 0) is 0 Å². The zero-order valence-corrected chi connectivity index (χ0v) is 8.49. The van der Waals surface area contributed by atoms with Crippen molar-refractivity contribution < 1.29 is 4.39 Å². The molecule has 2 heteroatoms. The van der Waals surface area contributed by atoms with Crippen LogP contribution in [0.3, 0.4) is 0 Å². The number of hydrogen-bond donors (Lipinski definition) is 0. The van der Waals surface area contributed by atoms with Gasteiger partial charge < -0.3 is 0 Å². The lowest BCUT2D eigenvalue weighted by Crippen LogP contribution is -2.21. The van der Waals surface area contributed by atoms with Gasteiger partial charge in [0.05, 0.1) is 0 Å². The predicted molar refractivity (Wildman–Crippen MR) is 51.4 cm³/mol. The normalized spacial score (nSPS) is 38.8. The Hall–Kier alpha value is 0.220. The van der Waals surface area contributed by atoms with Gasteiger partial charge in [-0.05, 0) is 25.2 Å². The molecule has 1 rings (SSSR count). The van der Waals surface area contributed by atoms with E-state index in [4.69, 9.17) is 11.6 Å². The van der Waals surface area contributed by atoms with Crippen LogP contribution in [0.25, 0.3) is 0 Å². The Bertz CT molecular complexity index is 127. The van der Waals surface area contributed by atoms with Crippen LogP contribution in [0.15, 0.2) is 0 Å². The Kier molecular flexibility index (Phi) is 4.34. The highest BCUT2D eigenvalue weighted by Crippen LogP contribution is 2.29. The standard InChI is InChI=1S/C10H18ClF/c1-2-8-5-3-4-6-9(11)7-10(8)12/h8-10H,2-7H2,1H3. The molecule has 0 aliphatic heterocycles. The minimum absolute atomic E-state index is 0.0781. The first-order valence-electron chi connectivity index (χ1n) is 5.02. The van der Waals surface area contributed by atoms with E-state index in [9.17, 15) is 4.39 Å². The maximum atomic E-state index is 13.5. The van der Waals surface area contributed by atoms with Gasteiger partial charge in [-0.3, -0.25) is 0 Å². The molecular weight excluding hydrogens is 175 g/mol. The third-order valence-electron chi connectivity index (χ3n) is 2.86. The second-order valence-electron chi connectivity index (χ2n) is 3.80. The number of hydrogen-bond acceptors (Lipinski definition) is 0. The van der Waals surface area contributed by atoms with Crippen molar-refractivity contribution in [3.05, 3.63) is 0 Å². The first-order chi connectivity index (χ1) is 5.74. The molecule has 12 heavy (non-hydrogen) atoms. The van der Waals surface area contributed by atoms with Crippen LogP contribution >= 0.6 is 11.6 Å². The largest absolute Gasteiger partial charge is 0.247 e. The minimum Gasteiger partial charge on any atom is -0.247 e. The summed E-state index contributed by atoms with van der Waals surface area (Å²) in [5.41, 5.74) is 0. The molecule has 0 radical (unpaired) electrons. The van der Waals surface area contributed by atoms with Gasteiger partial charge in [-0.2, -0.15) is 0 Å². The smallest absolute Gasteiger partial charge is 0.104 e. The van der Waals surface area contributed by atoms with Gasteiger partial charge in [0.2, 0.25) is 0 Å². The highest BCUT2D eigenvalue weighted by atomic mass is 35.5. The van der Waals surface area contributed by atoms with Crippen molar-refractivity contribution in [3.63, 3.8) is 0 Å². The minimum atomic E-state index is -0.655. The van der Waals surface area contributed by atoms with Gasteiger partial charge in [-0.15, -0.1) is 11.6 Å². The SMILES string of the molecule is CCC1CCCCC(Cl)CC1F. The van der Waals surface area contributed by atoms with Gasteiger partial charge in [-0.1, -0.05) is 26.2 Å². The zero-order chi connectivity index (χ0) is 8.97. The maximum absolute atomic E-state index is 13.5. The van der Waals surface area contributed by atoms with E-state index < -0.39 is 6.17 Å². The Labute approximate surface area is 79.5 Å². The molecule has 0 amide bonds. The van der Waals surface area contributed by atoms with Crippen molar-refractivity contribution in [2.45, 2.75) is 57.0 Å². The number of rotatable bonds is 1. The van der Waals surface area contributed by atoms with E-state index in [2.05, 4.69) is 6.92 Å². The van der Waals surface area contributed by atoms with Crippen molar-refractivity contribution in [1.82, 2.24) is 0 Å². The molecule has 3 atom stereocenters. The summed E-state index contributed by atoms with van der Waals surface area (Å²) in [6, 6.07) is 0. The van der Waals surface area contributed by atoms with Crippen molar-refractivity contribution >= 4 is 11.6 Å². The van der Waals surface area contributed by atoms with Crippen LogP contribution in [-0.4, -0.2) is 11.5 Å².